The van der Waals surface area contributed by atoms with Crippen LogP contribution in [0.5, 0.6) is 0 Å². The average molecular weight is 287 g/mol. The van der Waals surface area contributed by atoms with Crippen molar-refractivity contribution in [2.45, 2.75) is 18.9 Å². The zero-order valence-corrected chi connectivity index (χ0v) is 11.7. The van der Waals surface area contributed by atoms with E-state index in [9.17, 15) is 4.79 Å². The Kier molecular flexibility index (Phi) is 3.61. The summed E-state index contributed by atoms with van der Waals surface area (Å²) in [6, 6.07) is 15.1. The maximum absolute atomic E-state index is 12.2. The zero-order chi connectivity index (χ0) is 13.9. The molecule has 3 nitrogen and oxygen atoms in total. The highest BCUT2D eigenvalue weighted by molar-refractivity contribution is 6.30. The first-order chi connectivity index (χ1) is 9.72. The number of nitrogens with one attached hydrogen (secondary N) is 2. The molecule has 102 valence electrons. The zero-order valence-electron chi connectivity index (χ0n) is 10.9. The molecule has 0 saturated carbocycles. The van der Waals surface area contributed by atoms with Crippen molar-refractivity contribution < 1.29 is 4.79 Å². The number of amides is 1. The highest BCUT2D eigenvalue weighted by Gasteiger charge is 2.23. The number of anilines is 2. The van der Waals surface area contributed by atoms with Crippen LogP contribution >= 0.6 is 11.6 Å². The van der Waals surface area contributed by atoms with Crippen molar-refractivity contribution in [2.75, 3.05) is 10.6 Å². The van der Waals surface area contributed by atoms with Gasteiger partial charge in [0.25, 0.3) is 0 Å². The summed E-state index contributed by atoms with van der Waals surface area (Å²) in [4.78, 5) is 12.2. The summed E-state index contributed by atoms with van der Waals surface area (Å²) in [5.41, 5.74) is 3.00. The lowest BCUT2D eigenvalue weighted by atomic mass is 10.1. The topological polar surface area (TPSA) is 41.1 Å². The number of benzene rings is 2. The van der Waals surface area contributed by atoms with E-state index in [2.05, 4.69) is 16.7 Å². The van der Waals surface area contributed by atoms with E-state index in [1.54, 1.807) is 0 Å². The van der Waals surface area contributed by atoms with E-state index in [0.29, 0.717) is 5.02 Å². The lowest BCUT2D eigenvalue weighted by molar-refractivity contribution is -0.116. The van der Waals surface area contributed by atoms with Crippen LogP contribution in [0.25, 0.3) is 0 Å². The molecule has 1 amide bonds. The molecule has 2 N–H and O–H groups in total. The highest BCUT2D eigenvalue weighted by atomic mass is 35.5. The van der Waals surface area contributed by atoms with E-state index in [0.717, 1.165) is 24.2 Å². The van der Waals surface area contributed by atoms with Crippen molar-refractivity contribution in [3.63, 3.8) is 0 Å². The summed E-state index contributed by atoms with van der Waals surface area (Å²) in [5, 5.41) is 6.93. The van der Waals surface area contributed by atoms with E-state index in [1.165, 1.54) is 5.56 Å². The van der Waals surface area contributed by atoms with E-state index in [-0.39, 0.29) is 11.9 Å². The second-order valence-electron chi connectivity index (χ2n) is 4.89. The number of halogens is 1. The minimum absolute atomic E-state index is 0.00454. The van der Waals surface area contributed by atoms with Crippen LogP contribution in [0, 0.1) is 0 Å². The second-order valence-corrected chi connectivity index (χ2v) is 5.33. The quantitative estimate of drug-likeness (QED) is 0.884. The molecule has 0 radical (unpaired) electrons. The van der Waals surface area contributed by atoms with Gasteiger partial charge in [-0.1, -0.05) is 29.8 Å². The molecule has 0 fully saturated rings. The summed E-state index contributed by atoms with van der Waals surface area (Å²) in [6.45, 7) is 0. The number of rotatable bonds is 2. The normalized spacial score (nSPS) is 17.9. The van der Waals surface area contributed by atoms with Gasteiger partial charge in [-0.15, -0.1) is 0 Å². The predicted molar refractivity (Wildman–Crippen MR) is 82.3 cm³/mol. The Hall–Kier alpha value is -2.00. The smallest absolute Gasteiger partial charge is 0.246 e. The van der Waals surface area contributed by atoms with E-state index >= 15 is 0 Å². The fourth-order valence-electron chi connectivity index (χ4n) is 2.40. The molecule has 3 rings (SSSR count). The average Bonchev–Trinajstić information content (AvgIpc) is 2.61. The summed E-state index contributed by atoms with van der Waals surface area (Å²) in [5.74, 6) is 0.00454. The first-order valence-corrected chi connectivity index (χ1v) is 7.01. The Balaban J connectivity index is 1.76. The first kappa shape index (κ1) is 13.0. The van der Waals surface area contributed by atoms with Gasteiger partial charge in [0, 0.05) is 16.4 Å². The van der Waals surface area contributed by atoms with Crippen LogP contribution in [0.1, 0.15) is 12.0 Å². The minimum Gasteiger partial charge on any atom is -0.374 e. The van der Waals surface area contributed by atoms with E-state index in [1.807, 2.05) is 42.5 Å². The molecule has 1 unspecified atom stereocenters. The number of carbonyl (C=O) groups excluding carboxylic acids is 1. The van der Waals surface area contributed by atoms with Gasteiger partial charge < -0.3 is 10.6 Å². The molecule has 4 heteroatoms. The molecule has 20 heavy (non-hydrogen) atoms. The second kappa shape index (κ2) is 5.55. The molecule has 2 aromatic carbocycles. The number of aryl methyl sites for hydroxylation is 1. The Labute approximate surface area is 123 Å². The molecule has 0 aliphatic carbocycles. The summed E-state index contributed by atoms with van der Waals surface area (Å²) >= 11 is 5.86. The van der Waals surface area contributed by atoms with Crippen molar-refractivity contribution in [2.24, 2.45) is 0 Å². The molecule has 2 aromatic rings. The van der Waals surface area contributed by atoms with Crippen LogP contribution in [0.15, 0.2) is 48.5 Å². The molecule has 0 spiro atoms. The van der Waals surface area contributed by atoms with Gasteiger partial charge in [-0.05, 0) is 48.7 Å². The molecule has 0 saturated heterocycles. The number of fused-ring (bicyclic) bond motifs is 1. The van der Waals surface area contributed by atoms with Gasteiger partial charge in [0.2, 0.25) is 5.91 Å². The minimum atomic E-state index is -0.233. The van der Waals surface area contributed by atoms with E-state index in [4.69, 9.17) is 11.6 Å². The number of carbonyl (C=O) groups is 1. The third-order valence-corrected chi connectivity index (χ3v) is 3.73. The first-order valence-electron chi connectivity index (χ1n) is 6.63. The van der Waals surface area contributed by atoms with Crippen LogP contribution in [-0.4, -0.2) is 11.9 Å². The van der Waals surface area contributed by atoms with Gasteiger partial charge in [-0.2, -0.15) is 0 Å². The van der Waals surface area contributed by atoms with Crippen LogP contribution in [-0.2, 0) is 11.2 Å². The summed E-state index contributed by atoms with van der Waals surface area (Å²) < 4.78 is 0. The SMILES string of the molecule is O=C1Nc2ccccc2CCC1Nc1ccc(Cl)cc1. The molecule has 0 aromatic heterocycles. The number of para-hydroxylation sites is 1. The van der Waals surface area contributed by atoms with Gasteiger partial charge >= 0.3 is 0 Å². The molecule has 1 aliphatic rings. The lowest BCUT2D eigenvalue weighted by Crippen LogP contribution is -2.33. The maximum atomic E-state index is 12.2. The monoisotopic (exact) mass is 286 g/mol. The molecule has 1 heterocycles. The van der Waals surface area contributed by atoms with Crippen molar-refractivity contribution in [1.82, 2.24) is 0 Å². The fourth-order valence-corrected chi connectivity index (χ4v) is 2.52. The highest BCUT2D eigenvalue weighted by Crippen LogP contribution is 2.23. The predicted octanol–water partition coefficient (Wildman–Crippen LogP) is 3.71. The third-order valence-electron chi connectivity index (χ3n) is 3.48. The molecular weight excluding hydrogens is 272 g/mol. The third kappa shape index (κ3) is 2.78. The largest absolute Gasteiger partial charge is 0.374 e. The number of hydrogen-bond donors (Lipinski definition) is 2. The van der Waals surface area contributed by atoms with Crippen LogP contribution in [0.4, 0.5) is 11.4 Å². The van der Waals surface area contributed by atoms with Crippen molar-refractivity contribution in [3.8, 4) is 0 Å². The molecule has 0 bridgehead atoms. The van der Waals surface area contributed by atoms with Crippen LogP contribution in [0.3, 0.4) is 0 Å². The van der Waals surface area contributed by atoms with Crippen LogP contribution in [0.2, 0.25) is 5.02 Å². The van der Waals surface area contributed by atoms with E-state index < -0.39 is 0 Å². The Bertz CT molecular complexity index is 625. The lowest BCUT2D eigenvalue weighted by Gasteiger charge is -2.16. The van der Waals surface area contributed by atoms with Gasteiger partial charge in [0.05, 0.1) is 0 Å². The van der Waals surface area contributed by atoms with Crippen molar-refractivity contribution in [3.05, 3.63) is 59.1 Å². The fraction of sp³-hybridized carbons (Fsp3) is 0.188. The van der Waals surface area contributed by atoms with Crippen molar-refractivity contribution >= 4 is 28.9 Å². The maximum Gasteiger partial charge on any atom is 0.246 e. The van der Waals surface area contributed by atoms with Gasteiger partial charge in [-0.3, -0.25) is 4.79 Å². The Morgan fingerprint density at radius 3 is 2.65 bits per heavy atom. The van der Waals surface area contributed by atoms with Gasteiger partial charge in [-0.25, -0.2) is 0 Å². The van der Waals surface area contributed by atoms with Crippen molar-refractivity contribution in [1.29, 1.82) is 0 Å². The summed E-state index contributed by atoms with van der Waals surface area (Å²) in [7, 11) is 0. The van der Waals surface area contributed by atoms with Gasteiger partial charge in [0.1, 0.15) is 6.04 Å². The van der Waals surface area contributed by atoms with Crippen LogP contribution < -0.4 is 10.6 Å². The molecule has 1 atom stereocenters. The van der Waals surface area contributed by atoms with Gasteiger partial charge in [0.15, 0.2) is 0 Å². The number of hydrogen-bond acceptors (Lipinski definition) is 2. The Morgan fingerprint density at radius 2 is 1.85 bits per heavy atom. The molecule has 1 aliphatic heterocycles. The summed E-state index contributed by atoms with van der Waals surface area (Å²) in [6.07, 6.45) is 1.64. The Morgan fingerprint density at radius 1 is 1.10 bits per heavy atom. The molecular formula is C16H15ClN2O. The standard InChI is InChI=1S/C16H15ClN2O/c17-12-6-8-13(9-7-12)18-15-10-5-11-3-1-2-4-14(11)19-16(15)20/h1-4,6-9,15,18H,5,10H2,(H,19,20).